The number of allylic oxidation sites excluding steroid dienone is 2. The third kappa shape index (κ3) is 2.28. The monoisotopic (exact) mass is 180 g/mol. The van der Waals surface area contributed by atoms with Crippen LogP contribution in [0.1, 0.15) is 12.8 Å². The first-order valence-electron chi connectivity index (χ1n) is 4.61. The van der Waals surface area contributed by atoms with E-state index in [0.29, 0.717) is 5.57 Å². The minimum absolute atomic E-state index is 0.111. The zero-order valence-corrected chi connectivity index (χ0v) is 7.50. The maximum atomic E-state index is 12.7. The number of hydrogen-bond donors (Lipinski definition) is 0. The molecule has 2 aliphatic carbocycles. The van der Waals surface area contributed by atoms with Gasteiger partial charge in [0.25, 0.3) is 0 Å². The molecule has 0 heterocycles. The second kappa shape index (κ2) is 3.46. The van der Waals surface area contributed by atoms with Gasteiger partial charge in [0.15, 0.2) is 0 Å². The minimum Gasteiger partial charge on any atom is -0.369 e. The van der Waals surface area contributed by atoms with Crippen LogP contribution in [0.3, 0.4) is 0 Å². The molecule has 0 aromatic carbocycles. The predicted molar refractivity (Wildman–Crippen MR) is 49.9 cm³/mol. The molecular formula is C11H13FO. The minimum atomic E-state index is -0.240. The molecule has 2 heteroatoms. The fourth-order valence-corrected chi connectivity index (χ4v) is 1.30. The highest BCUT2D eigenvalue weighted by Crippen LogP contribution is 2.30. The molecule has 0 saturated heterocycles. The van der Waals surface area contributed by atoms with Crippen LogP contribution in [-0.2, 0) is 4.74 Å². The summed E-state index contributed by atoms with van der Waals surface area (Å²) in [4.78, 5) is 0. The Morgan fingerprint density at radius 1 is 1.54 bits per heavy atom. The first kappa shape index (κ1) is 8.70. The average Bonchev–Trinajstić information content (AvgIpc) is 2.86. The summed E-state index contributed by atoms with van der Waals surface area (Å²) in [6.07, 6.45) is 7.02. The highest BCUT2D eigenvalue weighted by Gasteiger charge is 2.23. The molecule has 70 valence electrons. The van der Waals surface area contributed by atoms with Crippen LogP contribution in [0, 0.1) is 5.92 Å². The Hall–Kier alpha value is -0.890. The van der Waals surface area contributed by atoms with Gasteiger partial charge in [0.1, 0.15) is 11.9 Å². The van der Waals surface area contributed by atoms with Crippen molar-refractivity contribution in [2.24, 2.45) is 5.92 Å². The van der Waals surface area contributed by atoms with E-state index in [1.807, 2.05) is 0 Å². The standard InChI is InChI=1S/C11H13FO/c1-8-6-10(12)4-5-11(8)13-7-9-2-3-9/h4-6,9,11H,1-3,7H2. The van der Waals surface area contributed by atoms with Gasteiger partial charge in [0.05, 0.1) is 6.61 Å². The molecule has 2 aliphatic rings. The largest absolute Gasteiger partial charge is 0.369 e. The third-order valence-corrected chi connectivity index (χ3v) is 2.33. The zero-order chi connectivity index (χ0) is 9.26. The average molecular weight is 180 g/mol. The molecule has 1 unspecified atom stereocenters. The van der Waals surface area contributed by atoms with Crippen molar-refractivity contribution in [3.63, 3.8) is 0 Å². The van der Waals surface area contributed by atoms with Crippen molar-refractivity contribution in [3.05, 3.63) is 36.2 Å². The van der Waals surface area contributed by atoms with Gasteiger partial charge in [-0.05, 0) is 42.6 Å². The van der Waals surface area contributed by atoms with Crippen LogP contribution in [-0.4, -0.2) is 12.7 Å². The molecule has 0 aromatic heterocycles. The Morgan fingerprint density at radius 2 is 2.31 bits per heavy atom. The first-order chi connectivity index (χ1) is 6.25. The van der Waals surface area contributed by atoms with Crippen molar-refractivity contribution in [2.45, 2.75) is 18.9 Å². The molecular weight excluding hydrogens is 167 g/mol. The van der Waals surface area contributed by atoms with Gasteiger partial charge in [-0.2, -0.15) is 0 Å². The Labute approximate surface area is 77.6 Å². The Bertz CT molecular complexity index is 274. The second-order valence-corrected chi connectivity index (χ2v) is 3.66. The van der Waals surface area contributed by atoms with Gasteiger partial charge in [-0.1, -0.05) is 6.58 Å². The van der Waals surface area contributed by atoms with Gasteiger partial charge < -0.3 is 4.74 Å². The highest BCUT2D eigenvalue weighted by atomic mass is 19.1. The molecule has 0 radical (unpaired) electrons. The Kier molecular flexibility index (Phi) is 2.32. The van der Waals surface area contributed by atoms with Crippen LogP contribution in [0.25, 0.3) is 0 Å². The smallest absolute Gasteiger partial charge is 0.123 e. The van der Waals surface area contributed by atoms with Crippen LogP contribution < -0.4 is 0 Å². The highest BCUT2D eigenvalue weighted by molar-refractivity contribution is 5.35. The van der Waals surface area contributed by atoms with Crippen molar-refractivity contribution in [2.75, 3.05) is 6.61 Å². The van der Waals surface area contributed by atoms with E-state index in [0.717, 1.165) is 12.5 Å². The summed E-state index contributed by atoms with van der Waals surface area (Å²) in [6, 6.07) is 0. The number of halogens is 1. The van der Waals surface area contributed by atoms with Crippen LogP contribution >= 0.6 is 0 Å². The van der Waals surface area contributed by atoms with Gasteiger partial charge in [-0.15, -0.1) is 0 Å². The van der Waals surface area contributed by atoms with E-state index < -0.39 is 0 Å². The maximum Gasteiger partial charge on any atom is 0.123 e. The molecule has 0 bridgehead atoms. The van der Waals surface area contributed by atoms with Crippen LogP contribution in [0.15, 0.2) is 36.2 Å². The number of ether oxygens (including phenoxy) is 1. The summed E-state index contributed by atoms with van der Waals surface area (Å²) in [5, 5.41) is 0. The summed E-state index contributed by atoms with van der Waals surface area (Å²) in [5.41, 5.74) is 0.709. The van der Waals surface area contributed by atoms with E-state index in [-0.39, 0.29) is 11.9 Å². The Morgan fingerprint density at radius 3 is 2.92 bits per heavy atom. The van der Waals surface area contributed by atoms with Gasteiger partial charge in [-0.3, -0.25) is 0 Å². The van der Waals surface area contributed by atoms with Gasteiger partial charge >= 0.3 is 0 Å². The van der Waals surface area contributed by atoms with Crippen molar-refractivity contribution in [3.8, 4) is 0 Å². The SMILES string of the molecule is C=C1C=C(F)C=CC1OCC1CC1. The Balaban J connectivity index is 1.86. The predicted octanol–water partition coefficient (Wildman–Crippen LogP) is 2.76. The molecule has 13 heavy (non-hydrogen) atoms. The van der Waals surface area contributed by atoms with Gasteiger partial charge in [0.2, 0.25) is 0 Å². The van der Waals surface area contributed by atoms with Crippen molar-refractivity contribution in [1.82, 2.24) is 0 Å². The summed E-state index contributed by atoms with van der Waals surface area (Å²) in [5.74, 6) is 0.494. The molecule has 1 fully saturated rings. The van der Waals surface area contributed by atoms with Crippen molar-refractivity contribution in [1.29, 1.82) is 0 Å². The van der Waals surface area contributed by atoms with Crippen LogP contribution in [0.4, 0.5) is 4.39 Å². The topological polar surface area (TPSA) is 9.23 Å². The number of hydrogen-bond acceptors (Lipinski definition) is 1. The number of rotatable bonds is 3. The van der Waals surface area contributed by atoms with E-state index in [4.69, 9.17) is 4.74 Å². The van der Waals surface area contributed by atoms with Crippen LogP contribution in [0.2, 0.25) is 0 Å². The molecule has 0 spiro atoms. The lowest BCUT2D eigenvalue weighted by Gasteiger charge is -2.16. The zero-order valence-electron chi connectivity index (χ0n) is 7.50. The van der Waals surface area contributed by atoms with Gasteiger partial charge in [-0.25, -0.2) is 4.39 Å². The van der Waals surface area contributed by atoms with E-state index in [1.54, 1.807) is 6.08 Å². The molecule has 0 aromatic rings. The van der Waals surface area contributed by atoms with E-state index in [1.165, 1.54) is 25.0 Å². The maximum absolute atomic E-state index is 12.7. The normalized spacial score (nSPS) is 27.6. The first-order valence-corrected chi connectivity index (χ1v) is 4.61. The third-order valence-electron chi connectivity index (χ3n) is 2.33. The van der Waals surface area contributed by atoms with Crippen molar-refractivity contribution < 1.29 is 9.13 Å². The molecule has 0 N–H and O–H groups in total. The van der Waals surface area contributed by atoms with Crippen molar-refractivity contribution >= 4 is 0 Å². The second-order valence-electron chi connectivity index (χ2n) is 3.66. The molecule has 1 atom stereocenters. The summed E-state index contributed by atoms with van der Waals surface area (Å²) in [6.45, 7) is 4.53. The molecule has 2 rings (SSSR count). The lowest BCUT2D eigenvalue weighted by atomic mass is 10.1. The van der Waals surface area contributed by atoms with Crippen LogP contribution in [0.5, 0.6) is 0 Å². The van der Waals surface area contributed by atoms with E-state index in [2.05, 4.69) is 6.58 Å². The molecule has 0 aliphatic heterocycles. The lowest BCUT2D eigenvalue weighted by Crippen LogP contribution is -2.15. The lowest BCUT2D eigenvalue weighted by molar-refractivity contribution is 0.100. The van der Waals surface area contributed by atoms with Gasteiger partial charge in [0, 0.05) is 0 Å². The molecule has 1 saturated carbocycles. The summed E-state index contributed by atoms with van der Waals surface area (Å²) >= 11 is 0. The van der Waals surface area contributed by atoms with E-state index >= 15 is 0 Å². The summed E-state index contributed by atoms with van der Waals surface area (Å²) < 4.78 is 18.2. The fraction of sp³-hybridized carbons (Fsp3) is 0.455. The summed E-state index contributed by atoms with van der Waals surface area (Å²) in [7, 11) is 0. The van der Waals surface area contributed by atoms with E-state index in [9.17, 15) is 4.39 Å². The molecule has 0 amide bonds. The quantitative estimate of drug-likeness (QED) is 0.649. The molecule has 1 nitrogen and oxygen atoms in total. The fourth-order valence-electron chi connectivity index (χ4n) is 1.30.